The Bertz CT molecular complexity index is 18.4. The van der Waals surface area contributed by atoms with Crippen LogP contribution in [0.15, 0.2) is 0 Å². The Labute approximate surface area is 89.6 Å². The third kappa shape index (κ3) is 1420. The fourth-order valence-electron chi connectivity index (χ4n) is 0. The van der Waals surface area contributed by atoms with Gasteiger partial charge in [-0.15, -0.1) is 0 Å². The summed E-state index contributed by atoms with van der Waals surface area (Å²) < 4.78 is 0. The van der Waals surface area contributed by atoms with E-state index in [1.54, 1.807) is 20.8 Å². The van der Waals surface area contributed by atoms with Crippen LogP contribution >= 0.6 is 0 Å². The van der Waals surface area contributed by atoms with Crippen LogP contribution in [0, 0.1) is 7.43 Å². The van der Waals surface area contributed by atoms with Gasteiger partial charge in [-0.1, -0.05) is 0 Å². The average Bonchev–Trinajstić information content (AvgIpc) is 1.70. The molecule has 0 rings (SSSR count). The maximum Gasteiger partial charge on any atom is 0.0402 e. The summed E-state index contributed by atoms with van der Waals surface area (Å²) in [6, 6.07) is 0. The molecule has 0 atom stereocenters. The van der Waals surface area contributed by atoms with Crippen molar-refractivity contribution in [3.63, 3.8) is 0 Å². The molecular formula is C7H21O3Zr-. The van der Waals surface area contributed by atoms with Crippen molar-refractivity contribution in [1.29, 1.82) is 0 Å². The van der Waals surface area contributed by atoms with Crippen molar-refractivity contribution in [2.24, 2.45) is 0 Å². The Morgan fingerprint density at radius 3 is 0.727 bits per heavy atom. The van der Waals surface area contributed by atoms with Crippen LogP contribution in [0.4, 0.5) is 0 Å². The Balaban J connectivity index is -0.0000000150. The molecule has 3 nitrogen and oxygen atoms in total. The van der Waals surface area contributed by atoms with Gasteiger partial charge in [0.05, 0.1) is 0 Å². The van der Waals surface area contributed by atoms with Crippen LogP contribution in [-0.2, 0) is 26.2 Å². The van der Waals surface area contributed by atoms with Crippen molar-refractivity contribution < 1.29 is 41.5 Å². The molecular weight excluding hydrogens is 223 g/mol. The van der Waals surface area contributed by atoms with E-state index in [2.05, 4.69) is 0 Å². The van der Waals surface area contributed by atoms with Gasteiger partial charge in [-0.2, -0.15) is 0 Å². The molecule has 0 amide bonds. The molecule has 11 heavy (non-hydrogen) atoms. The normalized spacial score (nSPS) is 4.91. The molecule has 0 heterocycles. The number of hydrogen-bond acceptors (Lipinski definition) is 3. The van der Waals surface area contributed by atoms with Crippen LogP contribution in [-0.4, -0.2) is 35.1 Å². The van der Waals surface area contributed by atoms with Crippen LogP contribution in [0.1, 0.15) is 20.8 Å². The van der Waals surface area contributed by atoms with Gasteiger partial charge in [-0.3, -0.25) is 0 Å². The van der Waals surface area contributed by atoms with Gasteiger partial charge in [0.2, 0.25) is 0 Å². The van der Waals surface area contributed by atoms with Crippen LogP contribution in [0.5, 0.6) is 0 Å². The van der Waals surface area contributed by atoms with Gasteiger partial charge in [-0.05, 0) is 20.8 Å². The maximum atomic E-state index is 7.57. The number of aliphatic hydroxyl groups excluding tert-OH is 3. The number of aliphatic hydroxyl groups is 3. The minimum Gasteiger partial charge on any atom is -0.397 e. The van der Waals surface area contributed by atoms with E-state index in [0.717, 1.165) is 0 Å². The second kappa shape index (κ2) is 72.4. The van der Waals surface area contributed by atoms with Crippen LogP contribution in [0.2, 0.25) is 0 Å². The first-order valence-electron chi connectivity index (χ1n) is 3.07. The van der Waals surface area contributed by atoms with Crippen molar-refractivity contribution >= 4 is 0 Å². The van der Waals surface area contributed by atoms with Crippen molar-refractivity contribution in [2.45, 2.75) is 20.8 Å². The van der Waals surface area contributed by atoms with Gasteiger partial charge in [0.1, 0.15) is 0 Å². The van der Waals surface area contributed by atoms with Crippen molar-refractivity contribution in [3.8, 4) is 0 Å². The summed E-state index contributed by atoms with van der Waals surface area (Å²) in [6.07, 6.45) is 0. The van der Waals surface area contributed by atoms with Crippen LogP contribution in [0.3, 0.4) is 0 Å². The van der Waals surface area contributed by atoms with E-state index in [1.165, 1.54) is 0 Å². The molecule has 0 aromatic carbocycles. The van der Waals surface area contributed by atoms with E-state index in [1.807, 2.05) is 0 Å². The second-order valence-electron chi connectivity index (χ2n) is 0.949. The molecule has 4 heteroatoms. The van der Waals surface area contributed by atoms with E-state index >= 15 is 0 Å². The molecule has 0 aromatic rings. The quantitative estimate of drug-likeness (QED) is 0.542. The van der Waals surface area contributed by atoms with E-state index in [0.29, 0.717) is 0 Å². The fraction of sp³-hybridized carbons (Fsp3) is 0.857. The van der Waals surface area contributed by atoms with Crippen LogP contribution < -0.4 is 0 Å². The summed E-state index contributed by atoms with van der Waals surface area (Å²) in [7, 11) is 0. The minimum atomic E-state index is 0. The molecule has 3 N–H and O–H groups in total. The zero-order chi connectivity index (χ0) is 8.12. The first-order chi connectivity index (χ1) is 4.24. The van der Waals surface area contributed by atoms with Gasteiger partial charge in [0, 0.05) is 46.0 Å². The topological polar surface area (TPSA) is 60.7 Å². The first-order valence-corrected chi connectivity index (χ1v) is 3.07. The molecule has 0 aliphatic heterocycles. The first kappa shape index (κ1) is 29.8. The molecule has 0 saturated heterocycles. The molecule has 0 radical (unpaired) electrons. The Hall–Kier alpha value is 0.763. The fourth-order valence-corrected chi connectivity index (χ4v) is 0. The maximum absolute atomic E-state index is 7.57. The third-order valence-electron chi connectivity index (χ3n) is 0. The molecule has 0 spiro atoms. The monoisotopic (exact) mass is 243 g/mol. The molecule has 0 unspecified atom stereocenters. The zero-order valence-corrected chi connectivity index (χ0v) is 10.4. The molecule has 0 aromatic heterocycles. The van der Waals surface area contributed by atoms with Crippen molar-refractivity contribution in [2.75, 3.05) is 19.8 Å². The standard InChI is InChI=1S/3C2H6O.CH3.Zr/c3*1-2-3;;/h3*3H,2H2,1H3;1H3;/q;;;-1;. The number of hydrogen-bond donors (Lipinski definition) is 3. The molecule has 0 saturated carbocycles. The Kier molecular flexibility index (Phi) is 196. The summed E-state index contributed by atoms with van der Waals surface area (Å²) in [6.45, 7) is 5.79. The third-order valence-corrected chi connectivity index (χ3v) is 0. The largest absolute Gasteiger partial charge is 0.397 e. The SMILES string of the molecule is CCO.CCO.CCO.[CH3-].[Zr]. The van der Waals surface area contributed by atoms with Gasteiger partial charge in [0.25, 0.3) is 0 Å². The summed E-state index contributed by atoms with van der Waals surface area (Å²) in [5.74, 6) is 0. The average molecular weight is 244 g/mol. The van der Waals surface area contributed by atoms with Crippen molar-refractivity contribution in [3.05, 3.63) is 7.43 Å². The van der Waals surface area contributed by atoms with Crippen molar-refractivity contribution in [1.82, 2.24) is 0 Å². The van der Waals surface area contributed by atoms with E-state index < -0.39 is 0 Å². The van der Waals surface area contributed by atoms with E-state index in [4.69, 9.17) is 15.3 Å². The molecule has 0 bridgehead atoms. The molecule has 0 aliphatic rings. The molecule has 0 fully saturated rings. The smallest absolute Gasteiger partial charge is 0.0402 e. The van der Waals surface area contributed by atoms with E-state index in [9.17, 15) is 0 Å². The van der Waals surface area contributed by atoms with Gasteiger partial charge in [-0.25, -0.2) is 0 Å². The molecule has 72 valence electrons. The predicted octanol–water partition coefficient (Wildman–Crippen LogP) is 0.444. The number of rotatable bonds is 0. The minimum absolute atomic E-state index is 0. The molecule has 0 aliphatic carbocycles. The summed E-state index contributed by atoms with van der Waals surface area (Å²) in [5.41, 5.74) is 0. The second-order valence-corrected chi connectivity index (χ2v) is 0.949. The van der Waals surface area contributed by atoms with Crippen LogP contribution in [0.25, 0.3) is 0 Å². The Morgan fingerprint density at radius 1 is 0.727 bits per heavy atom. The summed E-state index contributed by atoms with van der Waals surface area (Å²) >= 11 is 0. The summed E-state index contributed by atoms with van der Waals surface area (Å²) in [5, 5.41) is 22.7. The zero-order valence-electron chi connectivity index (χ0n) is 7.96. The van der Waals surface area contributed by atoms with Gasteiger partial charge in [0.15, 0.2) is 0 Å². The van der Waals surface area contributed by atoms with Gasteiger partial charge >= 0.3 is 0 Å². The van der Waals surface area contributed by atoms with Gasteiger partial charge < -0.3 is 22.7 Å². The summed E-state index contributed by atoms with van der Waals surface area (Å²) in [4.78, 5) is 0. The van der Waals surface area contributed by atoms with E-state index in [-0.39, 0.29) is 53.5 Å². The predicted molar refractivity (Wildman–Crippen MR) is 44.7 cm³/mol. The Morgan fingerprint density at radius 2 is 0.727 bits per heavy atom.